The van der Waals surface area contributed by atoms with Gasteiger partial charge in [-0.2, -0.15) is 0 Å². The van der Waals surface area contributed by atoms with Crippen LogP contribution in [0.4, 0.5) is 0 Å². The van der Waals surface area contributed by atoms with Gasteiger partial charge in [0.15, 0.2) is 0 Å². The Hall–Kier alpha value is -0.680. The second-order valence-corrected chi connectivity index (χ2v) is 7.19. The number of hydrogen-bond donors (Lipinski definition) is 1. The molecular weight excluding hydrogens is 276 g/mol. The first-order valence-electron chi connectivity index (χ1n) is 6.82. The van der Waals surface area contributed by atoms with Gasteiger partial charge in [-0.25, -0.2) is 4.98 Å². The lowest BCUT2D eigenvalue weighted by Crippen LogP contribution is -2.24. The number of nitrogens with zero attached hydrogens (tertiary/aromatic N) is 1. The molecule has 19 heavy (non-hydrogen) atoms. The first-order chi connectivity index (χ1) is 9.34. The Morgan fingerprint density at radius 3 is 3.05 bits per heavy atom. The first kappa shape index (κ1) is 14.7. The summed E-state index contributed by atoms with van der Waals surface area (Å²) in [6, 6.07) is 5.86. The molecule has 0 atom stereocenters. The van der Waals surface area contributed by atoms with Gasteiger partial charge in [0.2, 0.25) is 5.91 Å². The number of carbonyl (C=O) groups excluding carboxylic acids is 1. The Labute approximate surface area is 122 Å². The van der Waals surface area contributed by atoms with Crippen LogP contribution in [0.15, 0.2) is 29.4 Å². The van der Waals surface area contributed by atoms with E-state index in [0.29, 0.717) is 6.42 Å². The zero-order valence-corrected chi connectivity index (χ0v) is 12.6. The van der Waals surface area contributed by atoms with Gasteiger partial charge in [-0.1, -0.05) is 29.7 Å². The highest BCUT2D eigenvalue weighted by Crippen LogP contribution is 2.33. The van der Waals surface area contributed by atoms with E-state index in [2.05, 4.69) is 10.3 Å². The molecule has 0 radical (unpaired) electrons. The van der Waals surface area contributed by atoms with Gasteiger partial charge in [0.05, 0.1) is 0 Å². The summed E-state index contributed by atoms with van der Waals surface area (Å²) in [5.41, 5.74) is 0. The van der Waals surface area contributed by atoms with E-state index in [0.717, 1.165) is 29.7 Å². The Bertz CT molecular complexity index is 382. The van der Waals surface area contributed by atoms with Crippen LogP contribution in [0.5, 0.6) is 0 Å². The van der Waals surface area contributed by atoms with E-state index in [9.17, 15) is 4.79 Å². The molecule has 104 valence electrons. The normalized spacial score (nSPS) is 14.3. The molecule has 1 heterocycles. The Balaban J connectivity index is 1.44. The summed E-state index contributed by atoms with van der Waals surface area (Å²) in [4.78, 5) is 15.8. The molecule has 1 amide bonds. The summed E-state index contributed by atoms with van der Waals surface area (Å²) in [7, 11) is 3.31. The van der Waals surface area contributed by atoms with Gasteiger partial charge in [-0.15, -0.1) is 0 Å². The van der Waals surface area contributed by atoms with E-state index < -0.39 is 0 Å². The van der Waals surface area contributed by atoms with E-state index in [1.54, 1.807) is 27.8 Å². The van der Waals surface area contributed by atoms with Crippen molar-refractivity contribution in [3.8, 4) is 0 Å². The zero-order chi connectivity index (χ0) is 13.3. The SMILES string of the molecule is O=C(CCSSc1ccccn1)NCCCC1CC1. The van der Waals surface area contributed by atoms with Crippen LogP contribution in [0.25, 0.3) is 0 Å². The van der Waals surface area contributed by atoms with Crippen LogP contribution in [0.1, 0.15) is 32.1 Å². The molecule has 0 saturated heterocycles. The molecule has 1 N–H and O–H groups in total. The van der Waals surface area contributed by atoms with Crippen molar-refractivity contribution in [3.63, 3.8) is 0 Å². The Morgan fingerprint density at radius 2 is 2.32 bits per heavy atom. The summed E-state index contributed by atoms with van der Waals surface area (Å²) in [6.45, 7) is 0.841. The third-order valence-electron chi connectivity index (χ3n) is 3.00. The molecule has 1 aliphatic carbocycles. The van der Waals surface area contributed by atoms with Gasteiger partial charge in [0, 0.05) is 24.9 Å². The molecule has 0 spiro atoms. The fourth-order valence-corrected chi connectivity index (χ4v) is 3.62. The van der Waals surface area contributed by atoms with Crippen molar-refractivity contribution in [1.82, 2.24) is 10.3 Å². The molecule has 1 aromatic heterocycles. The average molecular weight is 296 g/mol. The average Bonchev–Trinajstić information content (AvgIpc) is 3.25. The molecule has 5 heteroatoms. The maximum Gasteiger partial charge on any atom is 0.220 e. The molecule has 3 nitrogen and oxygen atoms in total. The molecule has 1 saturated carbocycles. The van der Waals surface area contributed by atoms with Gasteiger partial charge >= 0.3 is 0 Å². The first-order valence-corrected chi connectivity index (χ1v) is 9.13. The fraction of sp³-hybridized carbons (Fsp3) is 0.571. The van der Waals surface area contributed by atoms with E-state index in [1.807, 2.05) is 18.2 Å². The summed E-state index contributed by atoms with van der Waals surface area (Å²) < 4.78 is 0. The van der Waals surface area contributed by atoms with Crippen LogP contribution in [0.3, 0.4) is 0 Å². The number of pyridine rings is 1. The van der Waals surface area contributed by atoms with E-state index in [4.69, 9.17) is 0 Å². The van der Waals surface area contributed by atoms with Gasteiger partial charge in [-0.05, 0) is 41.7 Å². The lowest BCUT2D eigenvalue weighted by Gasteiger charge is -2.04. The smallest absolute Gasteiger partial charge is 0.220 e. The molecule has 1 aromatic rings. The lowest BCUT2D eigenvalue weighted by molar-refractivity contribution is -0.120. The highest BCUT2D eigenvalue weighted by molar-refractivity contribution is 8.76. The molecule has 0 unspecified atom stereocenters. The van der Waals surface area contributed by atoms with Crippen molar-refractivity contribution in [1.29, 1.82) is 0 Å². The topological polar surface area (TPSA) is 42.0 Å². The van der Waals surface area contributed by atoms with E-state index in [1.165, 1.54) is 19.3 Å². The molecule has 1 aliphatic rings. The number of rotatable bonds is 9. The van der Waals surface area contributed by atoms with Gasteiger partial charge in [0.1, 0.15) is 5.03 Å². The molecule has 0 bridgehead atoms. The molecular formula is C14H20N2OS2. The van der Waals surface area contributed by atoms with Crippen LogP contribution in [-0.2, 0) is 4.79 Å². The fourth-order valence-electron chi connectivity index (χ4n) is 1.75. The van der Waals surface area contributed by atoms with Crippen molar-refractivity contribution in [2.75, 3.05) is 12.3 Å². The van der Waals surface area contributed by atoms with Crippen molar-refractivity contribution >= 4 is 27.5 Å². The number of amides is 1. The van der Waals surface area contributed by atoms with Crippen molar-refractivity contribution in [2.24, 2.45) is 5.92 Å². The molecule has 1 fully saturated rings. The van der Waals surface area contributed by atoms with Crippen molar-refractivity contribution < 1.29 is 4.79 Å². The monoisotopic (exact) mass is 296 g/mol. The van der Waals surface area contributed by atoms with Gasteiger partial charge in [-0.3, -0.25) is 4.79 Å². The standard InChI is InChI=1S/C14H20N2OS2/c17-13(15-10-3-4-12-6-7-12)8-11-18-19-14-5-1-2-9-16-14/h1-2,5,9,12H,3-4,6-8,10-11H2,(H,15,17). The number of carbonyl (C=O) groups is 1. The Kier molecular flexibility index (Phi) is 6.57. The minimum Gasteiger partial charge on any atom is -0.356 e. The highest BCUT2D eigenvalue weighted by atomic mass is 33.1. The van der Waals surface area contributed by atoms with E-state index >= 15 is 0 Å². The predicted octanol–water partition coefficient (Wildman–Crippen LogP) is 3.52. The second kappa shape index (κ2) is 8.48. The Morgan fingerprint density at radius 1 is 1.42 bits per heavy atom. The largest absolute Gasteiger partial charge is 0.356 e. The summed E-state index contributed by atoms with van der Waals surface area (Å²) in [6.07, 6.45) is 7.59. The minimum absolute atomic E-state index is 0.171. The minimum atomic E-state index is 0.171. The third kappa shape index (κ3) is 6.87. The van der Waals surface area contributed by atoms with E-state index in [-0.39, 0.29) is 5.91 Å². The number of aromatic nitrogens is 1. The number of nitrogens with one attached hydrogen (secondary N) is 1. The van der Waals surface area contributed by atoms with Crippen LogP contribution >= 0.6 is 21.6 Å². The van der Waals surface area contributed by atoms with Crippen LogP contribution < -0.4 is 5.32 Å². The maximum absolute atomic E-state index is 11.6. The zero-order valence-electron chi connectivity index (χ0n) is 11.0. The lowest BCUT2D eigenvalue weighted by atomic mass is 10.2. The summed E-state index contributed by atoms with van der Waals surface area (Å²) in [5, 5.41) is 3.98. The van der Waals surface area contributed by atoms with Gasteiger partial charge < -0.3 is 5.32 Å². The molecule has 2 rings (SSSR count). The quantitative estimate of drug-likeness (QED) is 0.559. The molecule has 0 aliphatic heterocycles. The van der Waals surface area contributed by atoms with Gasteiger partial charge in [0.25, 0.3) is 0 Å². The van der Waals surface area contributed by atoms with Crippen molar-refractivity contribution in [2.45, 2.75) is 37.1 Å². The predicted molar refractivity (Wildman–Crippen MR) is 82.1 cm³/mol. The maximum atomic E-state index is 11.6. The highest BCUT2D eigenvalue weighted by Gasteiger charge is 2.19. The van der Waals surface area contributed by atoms with Crippen LogP contribution in [-0.4, -0.2) is 23.2 Å². The third-order valence-corrected chi connectivity index (χ3v) is 5.27. The van der Waals surface area contributed by atoms with Crippen LogP contribution in [0.2, 0.25) is 0 Å². The second-order valence-electron chi connectivity index (χ2n) is 4.76. The van der Waals surface area contributed by atoms with Crippen LogP contribution in [0, 0.1) is 5.92 Å². The molecule has 0 aromatic carbocycles. The van der Waals surface area contributed by atoms with Crippen molar-refractivity contribution in [3.05, 3.63) is 24.4 Å². The summed E-state index contributed by atoms with van der Waals surface area (Å²) in [5.74, 6) is 1.96. The summed E-state index contributed by atoms with van der Waals surface area (Å²) >= 11 is 0. The number of hydrogen-bond acceptors (Lipinski definition) is 4.